The van der Waals surface area contributed by atoms with Gasteiger partial charge in [0.15, 0.2) is 0 Å². The zero-order valence-corrected chi connectivity index (χ0v) is 13.0. The molecule has 1 fully saturated rings. The van der Waals surface area contributed by atoms with Crippen LogP contribution in [-0.2, 0) is 9.59 Å². The van der Waals surface area contributed by atoms with Crippen molar-refractivity contribution >= 4 is 23.2 Å². The van der Waals surface area contributed by atoms with Gasteiger partial charge in [0.1, 0.15) is 0 Å². The Morgan fingerprint density at radius 2 is 1.91 bits per heavy atom. The van der Waals surface area contributed by atoms with E-state index >= 15 is 0 Å². The molecular weight excluding hydrogens is 280 g/mol. The molecule has 0 spiro atoms. The number of hydrogen-bond acceptors (Lipinski definition) is 4. The van der Waals surface area contributed by atoms with Gasteiger partial charge in [0.25, 0.3) is 0 Å². The highest BCUT2D eigenvalue weighted by molar-refractivity contribution is 5.97. The summed E-state index contributed by atoms with van der Waals surface area (Å²) in [4.78, 5) is 25.3. The summed E-state index contributed by atoms with van der Waals surface area (Å²) < 4.78 is 0. The number of rotatable bonds is 6. The van der Waals surface area contributed by atoms with Gasteiger partial charge in [-0.25, -0.2) is 0 Å². The molecule has 0 aliphatic heterocycles. The van der Waals surface area contributed by atoms with Gasteiger partial charge in [-0.15, -0.1) is 0 Å². The molecule has 1 saturated carbocycles. The molecule has 1 aromatic carbocycles. The number of anilines is 2. The Kier molecular flexibility index (Phi) is 5.77. The predicted octanol–water partition coefficient (Wildman–Crippen LogP) is 1.08. The van der Waals surface area contributed by atoms with Crippen LogP contribution in [0.5, 0.6) is 0 Å². The molecule has 4 N–H and O–H groups in total. The predicted molar refractivity (Wildman–Crippen MR) is 87.8 cm³/mol. The summed E-state index contributed by atoms with van der Waals surface area (Å²) in [5.74, 6) is -0.597. The Hall–Kier alpha value is -2.08. The Morgan fingerprint density at radius 3 is 2.59 bits per heavy atom. The van der Waals surface area contributed by atoms with E-state index in [1.807, 2.05) is 24.3 Å². The molecular formula is C16H24N4O2. The third-order valence-electron chi connectivity index (χ3n) is 4.06. The normalized spacial score (nSPS) is 14.6. The van der Waals surface area contributed by atoms with E-state index < -0.39 is 0 Å². The largest absolute Gasteiger partial charge is 0.370 e. The van der Waals surface area contributed by atoms with Gasteiger partial charge >= 0.3 is 0 Å². The maximum absolute atomic E-state index is 11.9. The number of amides is 2. The number of hydrogen-bond donors (Lipinski definition) is 3. The molecule has 2 amide bonds. The molecule has 0 saturated heterocycles. The molecule has 0 atom stereocenters. The molecule has 0 heterocycles. The molecule has 22 heavy (non-hydrogen) atoms. The molecule has 6 heteroatoms. The molecule has 2 rings (SSSR count). The van der Waals surface area contributed by atoms with E-state index in [0.29, 0.717) is 6.04 Å². The van der Waals surface area contributed by atoms with Gasteiger partial charge in [-0.3, -0.25) is 9.59 Å². The van der Waals surface area contributed by atoms with Crippen molar-refractivity contribution < 1.29 is 9.59 Å². The second-order valence-electron chi connectivity index (χ2n) is 5.60. The standard InChI is InChI=1S/C16H24N4O2/c1-20(12-6-2-3-7-12)14-9-5-4-8-13(14)19-16(22)11-18-15(21)10-17/h4-5,8-9,12H,2-3,6-7,10-11,17H2,1H3,(H,18,21)(H,19,22). The minimum atomic E-state index is -0.341. The van der Waals surface area contributed by atoms with Crippen molar-refractivity contribution in [3.8, 4) is 0 Å². The number of para-hydroxylation sites is 2. The van der Waals surface area contributed by atoms with Crippen molar-refractivity contribution in [2.75, 3.05) is 30.4 Å². The number of nitrogens with two attached hydrogens (primary N) is 1. The quantitative estimate of drug-likeness (QED) is 0.734. The van der Waals surface area contributed by atoms with E-state index in [1.54, 1.807) is 0 Å². The highest BCUT2D eigenvalue weighted by Crippen LogP contribution is 2.31. The molecule has 120 valence electrons. The fourth-order valence-corrected chi connectivity index (χ4v) is 2.82. The zero-order valence-electron chi connectivity index (χ0n) is 13.0. The van der Waals surface area contributed by atoms with Crippen LogP contribution >= 0.6 is 0 Å². The van der Waals surface area contributed by atoms with E-state index in [4.69, 9.17) is 5.73 Å². The van der Waals surface area contributed by atoms with Crippen LogP contribution in [0.2, 0.25) is 0 Å². The maximum atomic E-state index is 11.9. The Morgan fingerprint density at radius 1 is 1.23 bits per heavy atom. The number of carbonyl (C=O) groups excluding carboxylic acids is 2. The Labute approximate surface area is 131 Å². The van der Waals surface area contributed by atoms with Crippen LogP contribution in [0.1, 0.15) is 25.7 Å². The van der Waals surface area contributed by atoms with E-state index in [2.05, 4.69) is 22.6 Å². The fraction of sp³-hybridized carbons (Fsp3) is 0.500. The molecule has 1 aliphatic rings. The fourth-order valence-electron chi connectivity index (χ4n) is 2.82. The first-order valence-corrected chi connectivity index (χ1v) is 7.70. The van der Waals surface area contributed by atoms with Gasteiger partial charge in [0.05, 0.1) is 24.5 Å². The molecule has 0 radical (unpaired) electrons. The second-order valence-corrected chi connectivity index (χ2v) is 5.60. The first-order valence-electron chi connectivity index (χ1n) is 7.70. The lowest BCUT2D eigenvalue weighted by Crippen LogP contribution is -2.37. The zero-order chi connectivity index (χ0) is 15.9. The average molecular weight is 304 g/mol. The second kappa shape index (κ2) is 7.79. The maximum Gasteiger partial charge on any atom is 0.243 e. The van der Waals surface area contributed by atoms with Crippen LogP contribution in [0.25, 0.3) is 0 Å². The molecule has 0 aromatic heterocycles. The number of nitrogens with zero attached hydrogens (tertiary/aromatic N) is 1. The van der Waals surface area contributed by atoms with E-state index in [-0.39, 0.29) is 24.9 Å². The van der Waals surface area contributed by atoms with Gasteiger partial charge < -0.3 is 21.3 Å². The number of benzene rings is 1. The van der Waals surface area contributed by atoms with E-state index in [1.165, 1.54) is 25.7 Å². The third-order valence-corrected chi connectivity index (χ3v) is 4.06. The van der Waals surface area contributed by atoms with Gasteiger partial charge in [0, 0.05) is 13.1 Å². The van der Waals surface area contributed by atoms with Gasteiger partial charge in [-0.2, -0.15) is 0 Å². The van der Waals surface area contributed by atoms with Crippen LogP contribution in [0.3, 0.4) is 0 Å². The van der Waals surface area contributed by atoms with Crippen molar-refractivity contribution in [3.05, 3.63) is 24.3 Å². The molecule has 1 aromatic rings. The van der Waals surface area contributed by atoms with Crippen LogP contribution < -0.4 is 21.3 Å². The van der Waals surface area contributed by atoms with Gasteiger partial charge in [-0.05, 0) is 25.0 Å². The summed E-state index contributed by atoms with van der Waals surface area (Å²) in [6.07, 6.45) is 4.89. The highest BCUT2D eigenvalue weighted by atomic mass is 16.2. The molecule has 1 aliphatic carbocycles. The van der Waals surface area contributed by atoms with E-state index in [0.717, 1.165) is 11.4 Å². The SMILES string of the molecule is CN(c1ccccc1NC(=O)CNC(=O)CN)C1CCCC1. The van der Waals surface area contributed by atoms with E-state index in [9.17, 15) is 9.59 Å². The summed E-state index contributed by atoms with van der Waals surface area (Å²) in [6.45, 7) is -0.189. The third kappa shape index (κ3) is 4.21. The van der Waals surface area contributed by atoms with Crippen molar-refractivity contribution in [2.45, 2.75) is 31.7 Å². The van der Waals surface area contributed by atoms with Crippen LogP contribution in [0, 0.1) is 0 Å². The lowest BCUT2D eigenvalue weighted by molar-refractivity contribution is -0.123. The van der Waals surface area contributed by atoms with Crippen molar-refractivity contribution in [1.82, 2.24) is 5.32 Å². The van der Waals surface area contributed by atoms with Gasteiger partial charge in [0.2, 0.25) is 11.8 Å². The summed E-state index contributed by atoms with van der Waals surface area (Å²) in [5.41, 5.74) is 6.97. The van der Waals surface area contributed by atoms with Crippen LogP contribution in [0.15, 0.2) is 24.3 Å². The number of carbonyl (C=O) groups is 2. The lowest BCUT2D eigenvalue weighted by atomic mass is 10.1. The molecule has 0 unspecified atom stereocenters. The number of nitrogens with one attached hydrogen (secondary N) is 2. The van der Waals surface area contributed by atoms with Crippen molar-refractivity contribution in [1.29, 1.82) is 0 Å². The smallest absolute Gasteiger partial charge is 0.243 e. The highest BCUT2D eigenvalue weighted by Gasteiger charge is 2.21. The summed E-state index contributed by atoms with van der Waals surface area (Å²) in [6, 6.07) is 8.26. The minimum Gasteiger partial charge on any atom is -0.370 e. The van der Waals surface area contributed by atoms with Crippen LogP contribution in [-0.4, -0.2) is 38.0 Å². The van der Waals surface area contributed by atoms with Crippen LogP contribution in [0.4, 0.5) is 11.4 Å². The van der Waals surface area contributed by atoms with Crippen molar-refractivity contribution in [2.24, 2.45) is 5.73 Å². The monoisotopic (exact) mass is 304 g/mol. The van der Waals surface area contributed by atoms with Crippen molar-refractivity contribution in [3.63, 3.8) is 0 Å². The summed E-state index contributed by atoms with van der Waals surface area (Å²) in [5, 5.41) is 5.32. The lowest BCUT2D eigenvalue weighted by Gasteiger charge is -2.28. The Balaban J connectivity index is 2.01. The summed E-state index contributed by atoms with van der Waals surface area (Å²) in [7, 11) is 2.07. The van der Waals surface area contributed by atoms with Gasteiger partial charge in [-0.1, -0.05) is 25.0 Å². The topological polar surface area (TPSA) is 87.5 Å². The first-order chi connectivity index (χ1) is 10.6. The summed E-state index contributed by atoms with van der Waals surface area (Å²) >= 11 is 0. The minimum absolute atomic E-state index is 0.0719. The molecule has 6 nitrogen and oxygen atoms in total. The average Bonchev–Trinajstić information content (AvgIpc) is 3.07. The molecule has 0 bridgehead atoms. The first kappa shape index (κ1) is 16.3. The Bertz CT molecular complexity index is 527.